The largest absolute Gasteiger partial charge is 0.481 e. The normalized spacial score (nSPS) is 9.79. The fraction of sp³-hybridized carbons (Fsp3) is 0.429. The van der Waals surface area contributed by atoms with Gasteiger partial charge in [0.2, 0.25) is 0 Å². The lowest BCUT2D eigenvalue weighted by atomic mass is 10.0. The Labute approximate surface area is 78.0 Å². The molecule has 0 aromatic heterocycles. The lowest BCUT2D eigenvalue weighted by Crippen LogP contribution is -2.26. The van der Waals surface area contributed by atoms with Crippen molar-refractivity contribution in [3.63, 3.8) is 0 Å². The molecule has 0 fully saturated rings. The van der Waals surface area contributed by atoms with Crippen LogP contribution in [0.5, 0.6) is 0 Å². The number of ketones is 1. The van der Waals surface area contributed by atoms with E-state index in [-0.39, 0.29) is 0 Å². The number of carbonyl (C=O) groups is 4. The first-order chi connectivity index (χ1) is 6.34. The van der Waals surface area contributed by atoms with E-state index >= 15 is 0 Å². The highest BCUT2D eigenvalue weighted by atomic mass is 16.4. The molecule has 0 atom stereocenters. The van der Waals surface area contributed by atoms with Gasteiger partial charge in [-0.1, -0.05) is 0 Å². The van der Waals surface area contributed by atoms with Gasteiger partial charge in [0.05, 0.1) is 0 Å². The van der Waals surface area contributed by atoms with Crippen molar-refractivity contribution in [3.05, 3.63) is 0 Å². The second-order valence-electron chi connectivity index (χ2n) is 2.54. The number of hydrogen-bond acceptors (Lipinski definition) is 4. The third-order valence-electron chi connectivity index (χ3n) is 1.38. The Hall–Kier alpha value is -1.92. The van der Waals surface area contributed by atoms with Crippen molar-refractivity contribution >= 4 is 23.7 Å². The molecule has 0 saturated heterocycles. The Morgan fingerprint density at radius 2 is 1.36 bits per heavy atom. The molecule has 7 heteroatoms. The Bertz CT molecular complexity index is 266. The Morgan fingerprint density at radius 3 is 1.64 bits per heavy atom. The van der Waals surface area contributed by atoms with E-state index in [2.05, 4.69) is 0 Å². The van der Waals surface area contributed by atoms with E-state index in [0.717, 1.165) is 0 Å². The third-order valence-corrected chi connectivity index (χ3v) is 1.38. The number of carboxylic acids is 3. The Balaban J connectivity index is 4.31. The van der Waals surface area contributed by atoms with Crippen LogP contribution in [0.2, 0.25) is 0 Å². The van der Waals surface area contributed by atoms with Gasteiger partial charge in [0, 0.05) is 6.42 Å². The van der Waals surface area contributed by atoms with Crippen LogP contribution in [0, 0.1) is 5.92 Å². The number of carboxylic acid groups (broad SMARTS) is 3. The molecular weight excluding hydrogens is 196 g/mol. The van der Waals surface area contributed by atoms with E-state index in [0.29, 0.717) is 0 Å². The van der Waals surface area contributed by atoms with Crippen LogP contribution in [-0.4, -0.2) is 39.0 Å². The molecule has 0 radical (unpaired) electrons. The first-order valence-electron chi connectivity index (χ1n) is 3.53. The van der Waals surface area contributed by atoms with Crippen molar-refractivity contribution < 1.29 is 34.5 Å². The Morgan fingerprint density at radius 1 is 0.929 bits per heavy atom. The van der Waals surface area contributed by atoms with Gasteiger partial charge < -0.3 is 15.3 Å². The van der Waals surface area contributed by atoms with Crippen LogP contribution in [-0.2, 0) is 19.2 Å². The maximum Gasteiger partial charge on any atom is 0.318 e. The molecule has 3 N–H and O–H groups in total. The zero-order chi connectivity index (χ0) is 11.3. The summed E-state index contributed by atoms with van der Waals surface area (Å²) < 4.78 is 0. The van der Waals surface area contributed by atoms with E-state index in [1.54, 1.807) is 0 Å². The van der Waals surface area contributed by atoms with Crippen LogP contribution in [0.25, 0.3) is 0 Å². The molecule has 7 nitrogen and oxygen atoms in total. The lowest BCUT2D eigenvalue weighted by molar-refractivity contribution is -0.157. The van der Waals surface area contributed by atoms with Gasteiger partial charge in [-0.05, 0) is 0 Å². The van der Waals surface area contributed by atoms with Gasteiger partial charge >= 0.3 is 17.9 Å². The van der Waals surface area contributed by atoms with E-state index in [9.17, 15) is 19.2 Å². The van der Waals surface area contributed by atoms with Crippen LogP contribution in [0.1, 0.15) is 12.8 Å². The summed E-state index contributed by atoms with van der Waals surface area (Å²) in [5.41, 5.74) is 0. The molecule has 0 aromatic rings. The predicted molar refractivity (Wildman–Crippen MR) is 40.6 cm³/mol. The minimum atomic E-state index is -1.87. The molecule has 0 saturated carbocycles. The predicted octanol–water partition coefficient (Wildman–Crippen LogP) is -0.794. The molecule has 0 amide bonds. The molecule has 78 valence electrons. The lowest BCUT2D eigenvalue weighted by Gasteiger charge is -2.04. The molecular formula is C7H8O7. The summed E-state index contributed by atoms with van der Waals surface area (Å²) in [6.45, 7) is 0. The molecule has 0 aliphatic carbocycles. The molecule has 0 aromatic carbocycles. The minimum Gasteiger partial charge on any atom is -0.481 e. The summed E-state index contributed by atoms with van der Waals surface area (Å²) in [5.74, 6) is -7.52. The van der Waals surface area contributed by atoms with Crippen molar-refractivity contribution in [2.75, 3.05) is 0 Å². The third kappa shape index (κ3) is 4.19. The molecule has 14 heavy (non-hydrogen) atoms. The minimum absolute atomic E-state index is 0.809. The van der Waals surface area contributed by atoms with Crippen molar-refractivity contribution in [2.45, 2.75) is 12.8 Å². The number of rotatable bonds is 6. The summed E-state index contributed by atoms with van der Waals surface area (Å²) in [6, 6.07) is 0. The average molecular weight is 204 g/mol. The maximum absolute atomic E-state index is 10.8. The van der Waals surface area contributed by atoms with Crippen molar-refractivity contribution in [2.24, 2.45) is 5.92 Å². The first kappa shape index (κ1) is 12.1. The van der Waals surface area contributed by atoms with Gasteiger partial charge in [0.15, 0.2) is 5.92 Å². The van der Waals surface area contributed by atoms with Crippen LogP contribution < -0.4 is 0 Å². The highest BCUT2D eigenvalue weighted by molar-refractivity contribution is 6.01. The van der Waals surface area contributed by atoms with Gasteiger partial charge in [0.25, 0.3) is 0 Å². The van der Waals surface area contributed by atoms with Gasteiger partial charge in [-0.2, -0.15) is 0 Å². The highest BCUT2D eigenvalue weighted by Gasteiger charge is 2.28. The summed E-state index contributed by atoms with van der Waals surface area (Å²) in [7, 11) is 0. The average Bonchev–Trinajstić information content (AvgIpc) is 1.97. The van der Waals surface area contributed by atoms with Gasteiger partial charge in [-0.25, -0.2) is 0 Å². The van der Waals surface area contributed by atoms with Crippen LogP contribution in [0.4, 0.5) is 0 Å². The van der Waals surface area contributed by atoms with Crippen LogP contribution >= 0.6 is 0 Å². The summed E-state index contributed by atoms with van der Waals surface area (Å²) >= 11 is 0. The van der Waals surface area contributed by atoms with E-state index in [4.69, 9.17) is 15.3 Å². The van der Waals surface area contributed by atoms with Crippen molar-refractivity contribution in [1.29, 1.82) is 0 Å². The topological polar surface area (TPSA) is 129 Å². The molecule has 0 heterocycles. The molecule has 0 bridgehead atoms. The van der Waals surface area contributed by atoms with Gasteiger partial charge in [-0.15, -0.1) is 0 Å². The number of hydrogen-bond donors (Lipinski definition) is 3. The molecule has 0 rings (SSSR count). The monoisotopic (exact) mass is 204 g/mol. The van der Waals surface area contributed by atoms with E-state index < -0.39 is 42.5 Å². The number of carbonyl (C=O) groups excluding carboxylic acids is 1. The van der Waals surface area contributed by atoms with Crippen LogP contribution in [0.15, 0.2) is 0 Å². The van der Waals surface area contributed by atoms with Crippen molar-refractivity contribution in [1.82, 2.24) is 0 Å². The number of Topliss-reactive ketones (excluding diaryl/α,β-unsaturated/α-hetero) is 1. The van der Waals surface area contributed by atoms with Crippen molar-refractivity contribution in [3.8, 4) is 0 Å². The van der Waals surface area contributed by atoms with Gasteiger partial charge in [0.1, 0.15) is 12.2 Å². The fourth-order valence-corrected chi connectivity index (χ4v) is 0.749. The molecule has 0 unspecified atom stereocenters. The summed E-state index contributed by atoms with van der Waals surface area (Å²) in [4.78, 5) is 41.3. The molecule has 0 spiro atoms. The van der Waals surface area contributed by atoms with Gasteiger partial charge in [-0.3, -0.25) is 19.2 Å². The maximum atomic E-state index is 10.8. The second-order valence-corrected chi connectivity index (χ2v) is 2.54. The first-order valence-corrected chi connectivity index (χ1v) is 3.53. The summed E-state index contributed by atoms with van der Waals surface area (Å²) in [5, 5.41) is 24.9. The molecule has 0 aliphatic rings. The fourth-order valence-electron chi connectivity index (χ4n) is 0.749. The van der Waals surface area contributed by atoms with E-state index in [1.807, 2.05) is 0 Å². The molecule has 0 aliphatic heterocycles. The van der Waals surface area contributed by atoms with E-state index in [1.165, 1.54) is 0 Å². The quantitative estimate of drug-likeness (QED) is 0.483. The summed E-state index contributed by atoms with van der Waals surface area (Å²) in [6.07, 6.45) is -1.67. The highest BCUT2D eigenvalue weighted by Crippen LogP contribution is 2.06. The Kier molecular flexibility index (Phi) is 4.27. The van der Waals surface area contributed by atoms with Crippen LogP contribution in [0.3, 0.4) is 0 Å². The smallest absolute Gasteiger partial charge is 0.318 e. The second kappa shape index (κ2) is 4.95. The zero-order valence-corrected chi connectivity index (χ0v) is 6.97. The number of aliphatic carboxylic acids is 3. The SMILES string of the molecule is O=C(O)CC(=O)CC(C(=O)O)C(=O)O. The zero-order valence-electron chi connectivity index (χ0n) is 6.97. The standard InChI is InChI=1S/C7H8O7/c8-3(2-5(9)10)1-4(6(11)12)7(13)14/h4H,1-2H2,(H,9,10)(H,11,12)(H,13,14).